The number of nitrogens with zero attached hydrogens (tertiary/aromatic N) is 1. The number of aromatic hydroxyl groups is 1. The van der Waals surface area contributed by atoms with E-state index in [0.29, 0.717) is 24.2 Å². The summed E-state index contributed by atoms with van der Waals surface area (Å²) in [6.07, 6.45) is 0.360. The van der Waals surface area contributed by atoms with Crippen molar-refractivity contribution >= 4 is 23.2 Å². The number of hydrogen-bond donors (Lipinski definition) is 6. The molecule has 10 heteroatoms. The molecule has 1 saturated carbocycles. The highest BCUT2D eigenvalue weighted by Crippen LogP contribution is 2.49. The fourth-order valence-corrected chi connectivity index (χ4v) is 5.71. The first-order valence-electron chi connectivity index (χ1n) is 12.9. The first-order chi connectivity index (χ1) is 17.6. The predicted octanol–water partition coefficient (Wildman–Crippen LogP) is 0.902. The molecule has 1 fully saturated rings. The zero-order valence-electron chi connectivity index (χ0n) is 23.0. The van der Waals surface area contributed by atoms with E-state index in [2.05, 4.69) is 26.1 Å². The zero-order valence-corrected chi connectivity index (χ0v) is 23.0. The maximum absolute atomic E-state index is 14.0. The monoisotopic (exact) mass is 531 g/mol. The summed E-state index contributed by atoms with van der Waals surface area (Å²) in [7, 11) is 3.31. The lowest BCUT2D eigenvalue weighted by molar-refractivity contribution is -0.166. The second-order valence-electron chi connectivity index (χ2n) is 12.1. The minimum Gasteiger partial charge on any atom is -0.507 e. The average molecular weight is 532 g/mol. The number of phenols is 1. The Hall–Kier alpha value is -2.79. The Morgan fingerprint density at radius 3 is 2.39 bits per heavy atom. The summed E-state index contributed by atoms with van der Waals surface area (Å²) >= 11 is 0. The van der Waals surface area contributed by atoms with Crippen LogP contribution in [0.15, 0.2) is 17.7 Å². The molecule has 3 rings (SSSR count). The number of nitrogens with one attached hydrogen (secondary N) is 1. The van der Waals surface area contributed by atoms with Crippen molar-refractivity contribution in [3.63, 3.8) is 0 Å². The number of carbonyl (C=O) groups excluding carboxylic acids is 3. The Morgan fingerprint density at radius 2 is 1.87 bits per heavy atom. The largest absolute Gasteiger partial charge is 0.507 e. The van der Waals surface area contributed by atoms with E-state index < -0.39 is 59.2 Å². The molecule has 0 aromatic heterocycles. The molecule has 0 saturated heterocycles. The summed E-state index contributed by atoms with van der Waals surface area (Å²) in [5, 5.41) is 47.6. The highest BCUT2D eigenvalue weighted by Gasteiger charge is 2.61. The van der Waals surface area contributed by atoms with Crippen LogP contribution in [-0.2, 0) is 27.3 Å². The van der Waals surface area contributed by atoms with Crippen LogP contribution in [0.1, 0.15) is 50.8 Å². The maximum Gasteiger partial charge on any atom is 0.227 e. The summed E-state index contributed by atoms with van der Waals surface area (Å²) in [5.41, 5.74) is 3.76. The lowest BCUT2D eigenvalue weighted by Crippen LogP contribution is -2.65. The highest BCUT2D eigenvalue weighted by atomic mass is 16.3. The van der Waals surface area contributed by atoms with Crippen LogP contribution >= 0.6 is 0 Å². The molecule has 38 heavy (non-hydrogen) atoms. The number of benzene rings is 1. The van der Waals surface area contributed by atoms with Gasteiger partial charge in [0.05, 0.1) is 18.1 Å². The van der Waals surface area contributed by atoms with Crippen LogP contribution in [0.25, 0.3) is 5.76 Å². The first-order valence-corrected chi connectivity index (χ1v) is 12.9. The van der Waals surface area contributed by atoms with E-state index in [-0.39, 0.29) is 35.1 Å². The number of primary amides is 1. The molecule has 2 aliphatic rings. The van der Waals surface area contributed by atoms with Gasteiger partial charge in [-0.2, -0.15) is 0 Å². The van der Waals surface area contributed by atoms with Gasteiger partial charge in [-0.3, -0.25) is 14.4 Å². The first kappa shape index (κ1) is 29.8. The van der Waals surface area contributed by atoms with E-state index in [1.54, 1.807) is 31.1 Å². The normalized spacial score (nSPS) is 25.1. The number of aliphatic hydroxyl groups excluding tert-OH is 2. The third kappa shape index (κ3) is 5.22. The Kier molecular flexibility index (Phi) is 8.43. The van der Waals surface area contributed by atoms with Crippen molar-refractivity contribution < 1.29 is 34.8 Å². The number of amides is 1. The summed E-state index contributed by atoms with van der Waals surface area (Å²) in [5.74, 6) is -6.89. The maximum atomic E-state index is 14.0. The minimum absolute atomic E-state index is 0.0181. The van der Waals surface area contributed by atoms with Gasteiger partial charge in [0.15, 0.2) is 11.4 Å². The van der Waals surface area contributed by atoms with Gasteiger partial charge in [-0.25, -0.2) is 0 Å². The van der Waals surface area contributed by atoms with E-state index in [1.165, 1.54) is 6.92 Å². The molecule has 1 aromatic carbocycles. The van der Waals surface area contributed by atoms with Crippen molar-refractivity contribution in [2.45, 2.75) is 58.7 Å². The van der Waals surface area contributed by atoms with Gasteiger partial charge in [-0.1, -0.05) is 32.9 Å². The number of carbonyl (C=O) groups is 3. The molecule has 0 spiro atoms. The molecule has 1 aromatic rings. The van der Waals surface area contributed by atoms with Gasteiger partial charge in [0, 0.05) is 36.2 Å². The lowest BCUT2D eigenvalue weighted by atomic mass is 9.59. The van der Waals surface area contributed by atoms with E-state index in [0.717, 1.165) is 0 Å². The molecule has 210 valence electrons. The molecular weight excluding hydrogens is 490 g/mol. The number of nitrogens with two attached hydrogens (primary N) is 1. The topological polar surface area (TPSA) is 173 Å². The van der Waals surface area contributed by atoms with Crippen molar-refractivity contribution in [3.05, 3.63) is 34.4 Å². The van der Waals surface area contributed by atoms with E-state index in [4.69, 9.17) is 5.73 Å². The number of Topliss-reactive ketones (excluding diaryl/α,β-unsaturated/α-hetero) is 2. The van der Waals surface area contributed by atoms with Crippen LogP contribution < -0.4 is 11.1 Å². The molecule has 5 atom stereocenters. The van der Waals surface area contributed by atoms with Gasteiger partial charge in [-0.15, -0.1) is 0 Å². The highest BCUT2D eigenvalue weighted by molar-refractivity contribution is 6.24. The predicted molar refractivity (Wildman–Crippen MR) is 142 cm³/mol. The molecule has 7 N–H and O–H groups in total. The summed E-state index contributed by atoms with van der Waals surface area (Å²) < 4.78 is 0. The van der Waals surface area contributed by atoms with Crippen LogP contribution in [0.5, 0.6) is 5.75 Å². The number of rotatable bonds is 9. The Bertz CT molecular complexity index is 1150. The van der Waals surface area contributed by atoms with Gasteiger partial charge in [-0.05, 0) is 50.8 Å². The summed E-state index contributed by atoms with van der Waals surface area (Å²) in [6, 6.07) is 2.78. The zero-order chi connectivity index (χ0) is 28.7. The smallest absolute Gasteiger partial charge is 0.227 e. The van der Waals surface area contributed by atoms with Crippen molar-refractivity contribution in [2.75, 3.05) is 27.2 Å². The van der Waals surface area contributed by atoms with Gasteiger partial charge in [0.2, 0.25) is 11.7 Å². The number of ketones is 2. The molecule has 0 heterocycles. The van der Waals surface area contributed by atoms with Crippen molar-refractivity contribution in [1.82, 2.24) is 10.2 Å². The molecule has 1 amide bonds. The SMILES string of the molecule is CC(C(N)=O)C(=O)[C@@]1(O)C(=O)C2=C(O)c3c(ccc(CNCC(C)(C)C)c3O)C[C@H]2C[C@H]1C(CO)N(C)C. The fraction of sp³-hybridized carbons (Fsp3) is 0.607. The number of likely N-dealkylation sites (N-methyl/N-ethyl adjacent to an activating group) is 1. The number of fused-ring (bicyclic) bond motifs is 2. The van der Waals surface area contributed by atoms with Crippen LogP contribution in [0.2, 0.25) is 0 Å². The van der Waals surface area contributed by atoms with Crippen LogP contribution in [-0.4, -0.2) is 81.7 Å². The fourth-order valence-electron chi connectivity index (χ4n) is 5.71. The van der Waals surface area contributed by atoms with Gasteiger partial charge in [0.25, 0.3) is 0 Å². The van der Waals surface area contributed by atoms with E-state index in [9.17, 15) is 34.8 Å². The number of hydrogen-bond acceptors (Lipinski definition) is 9. The number of phenolic OH excluding ortho intramolecular Hbond substituents is 1. The van der Waals surface area contributed by atoms with Gasteiger partial charge < -0.3 is 36.4 Å². The average Bonchev–Trinajstić information content (AvgIpc) is 2.81. The summed E-state index contributed by atoms with van der Waals surface area (Å²) in [4.78, 5) is 40.9. The molecule has 10 nitrogen and oxygen atoms in total. The van der Waals surface area contributed by atoms with E-state index >= 15 is 0 Å². The van der Waals surface area contributed by atoms with Crippen molar-refractivity contribution in [1.29, 1.82) is 0 Å². The molecule has 0 radical (unpaired) electrons. The Labute approximate surface area is 223 Å². The lowest BCUT2D eigenvalue weighted by Gasteiger charge is -2.48. The standard InChI is InChI=1S/C28H41N3O7/c1-14(26(29)37)24(35)28(38)18(19(12-32)31(5)6)10-17-9-15-7-8-16(11-30-13-27(2,3)4)22(33)20(15)23(34)21(17)25(28)36/h7-8,14,17-19,30,32-34,38H,9-13H2,1-6H3,(H2,29,37)/t14?,17-,18-,19?,28+/m0/s1. The van der Waals surface area contributed by atoms with E-state index in [1.807, 2.05) is 0 Å². The molecule has 2 unspecified atom stereocenters. The Balaban J connectivity index is 2.13. The molecule has 0 aliphatic heterocycles. The third-order valence-corrected chi connectivity index (χ3v) is 7.86. The second-order valence-corrected chi connectivity index (χ2v) is 12.1. The molecular formula is C28H41N3O7. The molecule has 2 aliphatic carbocycles. The second kappa shape index (κ2) is 10.8. The van der Waals surface area contributed by atoms with Crippen molar-refractivity contribution in [3.8, 4) is 5.75 Å². The van der Waals surface area contributed by atoms with Crippen LogP contribution in [0, 0.1) is 23.2 Å². The van der Waals surface area contributed by atoms with Gasteiger partial charge >= 0.3 is 0 Å². The quantitative estimate of drug-likeness (QED) is 0.253. The summed E-state index contributed by atoms with van der Waals surface area (Å²) in [6.45, 7) is 8.00. The van der Waals surface area contributed by atoms with Crippen LogP contribution in [0.3, 0.4) is 0 Å². The number of aliphatic hydroxyl groups is 3. The molecule has 0 bridgehead atoms. The third-order valence-electron chi connectivity index (χ3n) is 7.86. The minimum atomic E-state index is -2.70. The van der Waals surface area contributed by atoms with Gasteiger partial charge in [0.1, 0.15) is 11.5 Å². The van der Waals surface area contributed by atoms with Crippen molar-refractivity contribution in [2.24, 2.45) is 28.9 Å². The Morgan fingerprint density at radius 1 is 1.24 bits per heavy atom. The van der Waals surface area contributed by atoms with Crippen LogP contribution in [0.4, 0.5) is 0 Å².